The lowest BCUT2D eigenvalue weighted by Crippen LogP contribution is -2.45. The van der Waals surface area contributed by atoms with Crippen LogP contribution in [0.3, 0.4) is 0 Å². The number of nitrogens with one attached hydrogen (secondary N) is 1. The van der Waals surface area contributed by atoms with Crippen LogP contribution in [0.4, 0.5) is 15.9 Å². The molecule has 1 aliphatic carbocycles. The van der Waals surface area contributed by atoms with Crippen molar-refractivity contribution in [1.82, 2.24) is 15.0 Å². The molecule has 1 saturated heterocycles. The Balaban J connectivity index is 1.48. The van der Waals surface area contributed by atoms with E-state index >= 15 is 0 Å². The van der Waals surface area contributed by atoms with Crippen molar-refractivity contribution in [2.45, 2.75) is 24.9 Å². The third-order valence-electron chi connectivity index (χ3n) is 5.93. The molecule has 6 nitrogen and oxygen atoms in total. The number of hydrogen-bond acceptors (Lipinski definition) is 6. The van der Waals surface area contributed by atoms with Gasteiger partial charge in [0, 0.05) is 47.4 Å². The number of nitrogens with zero attached hydrogens (tertiary/aromatic N) is 4. The molecule has 1 aromatic carbocycles. The Morgan fingerprint density at radius 2 is 1.97 bits per heavy atom. The quantitative estimate of drug-likeness (QED) is 0.563. The van der Waals surface area contributed by atoms with E-state index in [0.717, 1.165) is 41.7 Å². The van der Waals surface area contributed by atoms with E-state index in [1.165, 1.54) is 6.07 Å². The summed E-state index contributed by atoms with van der Waals surface area (Å²) in [5.41, 5.74) is 1.19. The number of benzene rings is 1. The number of aromatic nitrogens is 3. The van der Waals surface area contributed by atoms with Gasteiger partial charge in [-0.05, 0) is 65.0 Å². The van der Waals surface area contributed by atoms with Crippen molar-refractivity contribution in [3.05, 3.63) is 64.8 Å². The summed E-state index contributed by atoms with van der Waals surface area (Å²) in [6.45, 7) is 0.845. The second-order valence-corrected chi connectivity index (χ2v) is 8.63. The van der Waals surface area contributed by atoms with E-state index in [1.807, 2.05) is 12.1 Å². The highest BCUT2D eigenvalue weighted by Gasteiger charge is 2.46. The Labute approximate surface area is 181 Å². The molecule has 1 saturated carbocycles. The molecule has 2 aromatic heterocycles. The summed E-state index contributed by atoms with van der Waals surface area (Å²) >= 11 is 3.41. The first kappa shape index (κ1) is 19.1. The van der Waals surface area contributed by atoms with Gasteiger partial charge in [0.25, 0.3) is 0 Å². The number of carbonyl (C=O) groups is 1. The number of carbonyl (C=O) groups excluding carboxylic acids is 1. The fraction of sp³-hybridized carbons (Fsp3) is 0.273. The first-order valence-electron chi connectivity index (χ1n) is 9.84. The standard InChI is InChI=1S/C22H19BrFN5O/c23-14-2-5-20(27-10-14)28-17-8-13-9-19(17)29(11-13)18-4-3-16(24)21(15(18)12-30)22-25-6-1-7-26-22/h1-7,10,12-13,17,19H,8-9,11H2,(H,27,28)/t13-,17+,19-/m0/s1. The zero-order valence-corrected chi connectivity index (χ0v) is 17.6. The van der Waals surface area contributed by atoms with Crippen LogP contribution >= 0.6 is 15.9 Å². The van der Waals surface area contributed by atoms with E-state index in [9.17, 15) is 9.18 Å². The largest absolute Gasteiger partial charge is 0.366 e. The Morgan fingerprint density at radius 3 is 2.67 bits per heavy atom. The zero-order valence-electron chi connectivity index (χ0n) is 16.0. The number of anilines is 2. The topological polar surface area (TPSA) is 71.0 Å². The average Bonchev–Trinajstić information content (AvgIpc) is 3.36. The van der Waals surface area contributed by atoms with Crippen LogP contribution in [0.5, 0.6) is 0 Å². The minimum atomic E-state index is -0.495. The van der Waals surface area contributed by atoms with E-state index in [1.54, 1.807) is 30.7 Å². The molecular formula is C22H19BrFN5O. The van der Waals surface area contributed by atoms with Gasteiger partial charge in [0.2, 0.25) is 0 Å². The number of hydrogen-bond donors (Lipinski definition) is 1. The fourth-order valence-corrected chi connectivity index (χ4v) is 4.95. The number of aldehydes is 1. The molecule has 0 radical (unpaired) electrons. The third-order valence-corrected chi connectivity index (χ3v) is 6.40. The number of rotatable bonds is 5. The maximum absolute atomic E-state index is 14.7. The summed E-state index contributed by atoms with van der Waals surface area (Å²) < 4.78 is 15.6. The lowest BCUT2D eigenvalue weighted by atomic mass is 10.00. The van der Waals surface area contributed by atoms with Crippen LogP contribution in [0.25, 0.3) is 11.4 Å². The summed E-state index contributed by atoms with van der Waals surface area (Å²) in [5.74, 6) is 1.06. The predicted molar refractivity (Wildman–Crippen MR) is 116 cm³/mol. The molecule has 0 spiro atoms. The Bertz CT molecular complexity index is 1080. The fourth-order valence-electron chi connectivity index (χ4n) is 4.72. The van der Waals surface area contributed by atoms with Crippen molar-refractivity contribution in [2.75, 3.05) is 16.8 Å². The number of piperidine rings is 1. The molecule has 152 valence electrons. The third kappa shape index (κ3) is 3.35. The van der Waals surface area contributed by atoms with E-state index in [-0.39, 0.29) is 23.5 Å². The van der Waals surface area contributed by atoms with Crippen molar-refractivity contribution in [1.29, 1.82) is 0 Å². The molecule has 3 atom stereocenters. The van der Waals surface area contributed by atoms with Crippen LogP contribution in [-0.2, 0) is 0 Å². The second kappa shape index (κ2) is 7.75. The molecule has 2 fully saturated rings. The monoisotopic (exact) mass is 467 g/mol. The molecule has 2 bridgehead atoms. The zero-order chi connectivity index (χ0) is 20.7. The summed E-state index contributed by atoms with van der Waals surface area (Å²) in [4.78, 5) is 27.0. The summed E-state index contributed by atoms with van der Waals surface area (Å²) in [5, 5.41) is 3.53. The molecule has 0 unspecified atom stereocenters. The molecule has 8 heteroatoms. The van der Waals surface area contributed by atoms with Crippen molar-refractivity contribution < 1.29 is 9.18 Å². The number of halogens is 2. The van der Waals surface area contributed by atoms with Gasteiger partial charge in [-0.3, -0.25) is 4.79 Å². The highest BCUT2D eigenvalue weighted by molar-refractivity contribution is 9.10. The van der Waals surface area contributed by atoms with Crippen molar-refractivity contribution in [3.63, 3.8) is 0 Å². The smallest absolute Gasteiger partial charge is 0.162 e. The summed E-state index contributed by atoms with van der Waals surface area (Å²) in [7, 11) is 0. The lowest BCUT2D eigenvalue weighted by molar-refractivity contribution is 0.112. The van der Waals surface area contributed by atoms with Gasteiger partial charge in [-0.15, -0.1) is 0 Å². The van der Waals surface area contributed by atoms with E-state index in [0.29, 0.717) is 11.5 Å². The molecule has 3 aromatic rings. The van der Waals surface area contributed by atoms with Crippen LogP contribution in [0.15, 0.2) is 53.4 Å². The van der Waals surface area contributed by atoms with Crippen LogP contribution in [-0.4, -0.2) is 39.9 Å². The molecular weight excluding hydrogens is 449 g/mol. The molecule has 3 heterocycles. The maximum atomic E-state index is 14.7. The molecule has 2 aliphatic rings. The SMILES string of the molecule is O=Cc1c(N2C[C@H]3C[C@@H](Nc4ccc(Br)cn4)[C@@H]2C3)ccc(F)c1-c1ncccn1. The Kier molecular flexibility index (Phi) is 4.94. The van der Waals surface area contributed by atoms with Crippen molar-refractivity contribution >= 4 is 33.7 Å². The molecule has 30 heavy (non-hydrogen) atoms. The predicted octanol–water partition coefficient (Wildman–Crippen LogP) is 4.33. The molecule has 1 aliphatic heterocycles. The van der Waals surface area contributed by atoms with Gasteiger partial charge < -0.3 is 10.2 Å². The Morgan fingerprint density at radius 1 is 1.13 bits per heavy atom. The maximum Gasteiger partial charge on any atom is 0.162 e. The van der Waals surface area contributed by atoms with Crippen LogP contribution in [0, 0.1) is 11.7 Å². The van der Waals surface area contributed by atoms with Gasteiger partial charge in [0.05, 0.1) is 11.1 Å². The van der Waals surface area contributed by atoms with E-state index in [2.05, 4.69) is 41.1 Å². The highest BCUT2D eigenvalue weighted by atomic mass is 79.9. The van der Waals surface area contributed by atoms with E-state index < -0.39 is 5.82 Å². The van der Waals surface area contributed by atoms with Crippen molar-refractivity contribution in [2.24, 2.45) is 5.92 Å². The minimum Gasteiger partial charge on any atom is -0.366 e. The second-order valence-electron chi connectivity index (χ2n) is 7.72. The average molecular weight is 468 g/mol. The summed E-state index contributed by atoms with van der Waals surface area (Å²) in [6.07, 6.45) is 7.66. The molecule has 5 rings (SSSR count). The molecule has 0 amide bonds. The van der Waals surface area contributed by atoms with Crippen LogP contribution in [0.1, 0.15) is 23.2 Å². The summed E-state index contributed by atoms with van der Waals surface area (Å²) in [6, 6.07) is 9.07. The highest BCUT2D eigenvalue weighted by Crippen LogP contribution is 2.43. The van der Waals surface area contributed by atoms with Gasteiger partial charge >= 0.3 is 0 Å². The van der Waals surface area contributed by atoms with Crippen LogP contribution < -0.4 is 10.2 Å². The van der Waals surface area contributed by atoms with Gasteiger partial charge in [-0.25, -0.2) is 19.3 Å². The van der Waals surface area contributed by atoms with Gasteiger partial charge in [-0.1, -0.05) is 0 Å². The minimum absolute atomic E-state index is 0.157. The lowest BCUT2D eigenvalue weighted by Gasteiger charge is -2.36. The first-order valence-corrected chi connectivity index (χ1v) is 10.6. The van der Waals surface area contributed by atoms with Gasteiger partial charge in [-0.2, -0.15) is 0 Å². The Hall–Kier alpha value is -2.87. The van der Waals surface area contributed by atoms with Gasteiger partial charge in [0.15, 0.2) is 12.1 Å². The van der Waals surface area contributed by atoms with Gasteiger partial charge in [0.1, 0.15) is 11.6 Å². The number of fused-ring (bicyclic) bond motifs is 2. The van der Waals surface area contributed by atoms with E-state index in [4.69, 9.17) is 0 Å². The first-order chi connectivity index (χ1) is 14.6. The van der Waals surface area contributed by atoms with Crippen molar-refractivity contribution in [3.8, 4) is 11.4 Å². The van der Waals surface area contributed by atoms with Crippen LogP contribution in [0.2, 0.25) is 0 Å². The normalized spacial score (nSPS) is 22.3. The molecule has 1 N–H and O–H groups in total. The number of pyridine rings is 1.